The molecule has 1 aliphatic rings. The molecule has 0 unspecified atom stereocenters. The third-order valence-corrected chi connectivity index (χ3v) is 5.70. The van der Waals surface area contributed by atoms with Gasteiger partial charge in [0.15, 0.2) is 0 Å². The SMILES string of the molecule is Cc1cccc2c1nc(N)n1cc(Cc3ccccc3CN3CCOCC3)nc21. The van der Waals surface area contributed by atoms with E-state index in [2.05, 4.69) is 53.2 Å². The molecule has 0 atom stereocenters. The maximum Gasteiger partial charge on any atom is 0.206 e. The fraction of sp³-hybridized carbons (Fsp3) is 0.304. The molecule has 0 bridgehead atoms. The Kier molecular flexibility index (Phi) is 4.66. The van der Waals surface area contributed by atoms with Gasteiger partial charge in [0.05, 0.1) is 24.4 Å². The Morgan fingerprint density at radius 1 is 1.00 bits per heavy atom. The molecule has 29 heavy (non-hydrogen) atoms. The van der Waals surface area contributed by atoms with E-state index in [9.17, 15) is 0 Å². The van der Waals surface area contributed by atoms with E-state index in [4.69, 9.17) is 15.5 Å². The lowest BCUT2D eigenvalue weighted by Crippen LogP contribution is -2.35. The van der Waals surface area contributed by atoms with Gasteiger partial charge in [0, 0.05) is 37.6 Å². The highest BCUT2D eigenvalue weighted by Gasteiger charge is 2.15. The quantitative estimate of drug-likeness (QED) is 0.582. The number of imidazole rings is 1. The summed E-state index contributed by atoms with van der Waals surface area (Å²) in [5.41, 5.74) is 12.8. The summed E-state index contributed by atoms with van der Waals surface area (Å²) in [4.78, 5) is 12.0. The Hall–Kier alpha value is -2.96. The van der Waals surface area contributed by atoms with E-state index in [1.807, 2.05) is 16.7 Å². The molecule has 3 heterocycles. The van der Waals surface area contributed by atoms with Crippen LogP contribution in [0.1, 0.15) is 22.4 Å². The molecule has 1 fully saturated rings. The number of nitrogens with zero attached hydrogens (tertiary/aromatic N) is 4. The molecule has 4 aromatic rings. The lowest BCUT2D eigenvalue weighted by molar-refractivity contribution is 0.0341. The van der Waals surface area contributed by atoms with Gasteiger partial charge in [-0.1, -0.05) is 36.4 Å². The van der Waals surface area contributed by atoms with E-state index in [1.165, 1.54) is 11.1 Å². The fourth-order valence-electron chi connectivity index (χ4n) is 4.11. The molecule has 6 heteroatoms. The molecule has 5 rings (SSSR count). The van der Waals surface area contributed by atoms with Crippen molar-refractivity contribution in [3.8, 4) is 0 Å². The largest absolute Gasteiger partial charge is 0.379 e. The second kappa shape index (κ2) is 7.46. The molecular formula is C23H25N5O. The zero-order valence-electron chi connectivity index (χ0n) is 16.6. The Morgan fingerprint density at radius 3 is 2.62 bits per heavy atom. The van der Waals surface area contributed by atoms with E-state index in [-0.39, 0.29) is 0 Å². The number of fused-ring (bicyclic) bond motifs is 3. The number of aromatic nitrogens is 3. The van der Waals surface area contributed by atoms with Crippen molar-refractivity contribution in [3.05, 3.63) is 71.0 Å². The standard InChI is InChI=1S/C23H25N5O/c1-16-5-4-8-20-21(16)26-23(24)28-15-19(25-22(20)28)13-17-6-2-3-7-18(17)14-27-9-11-29-12-10-27/h2-8,15H,9-14H2,1H3,(H2,24,26). The molecule has 6 nitrogen and oxygen atoms in total. The van der Waals surface area contributed by atoms with E-state index < -0.39 is 0 Å². The Labute approximate surface area is 169 Å². The van der Waals surface area contributed by atoms with E-state index in [1.54, 1.807) is 0 Å². The van der Waals surface area contributed by atoms with E-state index >= 15 is 0 Å². The van der Waals surface area contributed by atoms with Gasteiger partial charge in [0.25, 0.3) is 0 Å². The number of nitrogens with two attached hydrogens (primary N) is 1. The smallest absolute Gasteiger partial charge is 0.206 e. The molecule has 148 valence electrons. The number of ether oxygens (including phenoxy) is 1. The molecule has 0 radical (unpaired) electrons. The minimum absolute atomic E-state index is 0.474. The van der Waals surface area contributed by atoms with Crippen LogP contribution >= 0.6 is 0 Å². The average Bonchev–Trinajstić information content (AvgIpc) is 3.16. The first-order chi connectivity index (χ1) is 14.2. The van der Waals surface area contributed by atoms with Crippen molar-refractivity contribution >= 4 is 22.5 Å². The molecule has 1 saturated heterocycles. The molecule has 2 N–H and O–H groups in total. The summed E-state index contributed by atoms with van der Waals surface area (Å²) in [5.74, 6) is 0.474. The van der Waals surface area contributed by atoms with Crippen LogP contribution in [0.4, 0.5) is 5.95 Å². The second-order valence-electron chi connectivity index (χ2n) is 7.70. The Bertz CT molecular complexity index is 1180. The first-order valence-electron chi connectivity index (χ1n) is 10.1. The van der Waals surface area contributed by atoms with Crippen LogP contribution < -0.4 is 5.73 Å². The number of hydrogen-bond acceptors (Lipinski definition) is 5. The van der Waals surface area contributed by atoms with E-state index in [0.29, 0.717) is 5.95 Å². The zero-order chi connectivity index (χ0) is 19.8. The van der Waals surface area contributed by atoms with Crippen LogP contribution in [0.25, 0.3) is 16.6 Å². The molecule has 2 aromatic carbocycles. The number of aryl methyl sites for hydroxylation is 1. The minimum atomic E-state index is 0.474. The molecule has 2 aromatic heterocycles. The molecular weight excluding hydrogens is 362 g/mol. The van der Waals surface area contributed by atoms with Gasteiger partial charge in [-0.2, -0.15) is 0 Å². The lowest BCUT2D eigenvalue weighted by Gasteiger charge is -2.27. The topological polar surface area (TPSA) is 68.7 Å². The molecule has 0 amide bonds. The number of benzene rings is 2. The van der Waals surface area contributed by atoms with Crippen molar-refractivity contribution in [2.75, 3.05) is 32.0 Å². The van der Waals surface area contributed by atoms with Gasteiger partial charge in [-0.15, -0.1) is 0 Å². The highest BCUT2D eigenvalue weighted by atomic mass is 16.5. The van der Waals surface area contributed by atoms with Crippen LogP contribution in [-0.2, 0) is 17.7 Å². The number of anilines is 1. The number of morpholine rings is 1. The predicted molar refractivity (Wildman–Crippen MR) is 115 cm³/mol. The third-order valence-electron chi connectivity index (χ3n) is 5.70. The zero-order valence-corrected chi connectivity index (χ0v) is 16.6. The summed E-state index contributed by atoms with van der Waals surface area (Å²) in [6, 6.07) is 14.8. The fourth-order valence-corrected chi connectivity index (χ4v) is 4.11. The van der Waals surface area contributed by atoms with Crippen molar-refractivity contribution in [3.63, 3.8) is 0 Å². The van der Waals surface area contributed by atoms with Crippen molar-refractivity contribution in [1.82, 2.24) is 19.3 Å². The van der Waals surface area contributed by atoms with Crippen LogP contribution in [0, 0.1) is 6.92 Å². The number of rotatable bonds is 4. The predicted octanol–water partition coefficient (Wildman–Crippen LogP) is 3.20. The van der Waals surface area contributed by atoms with Gasteiger partial charge in [-0.25, -0.2) is 9.97 Å². The Balaban J connectivity index is 1.50. The van der Waals surface area contributed by atoms with Gasteiger partial charge in [0.2, 0.25) is 5.95 Å². The number of nitrogen functional groups attached to an aromatic ring is 1. The van der Waals surface area contributed by atoms with Crippen LogP contribution in [0.5, 0.6) is 0 Å². The summed E-state index contributed by atoms with van der Waals surface area (Å²) in [6.45, 7) is 6.59. The van der Waals surface area contributed by atoms with Crippen molar-refractivity contribution in [1.29, 1.82) is 0 Å². The van der Waals surface area contributed by atoms with Gasteiger partial charge < -0.3 is 10.5 Å². The monoisotopic (exact) mass is 387 g/mol. The van der Waals surface area contributed by atoms with Gasteiger partial charge in [0.1, 0.15) is 5.65 Å². The van der Waals surface area contributed by atoms with Gasteiger partial charge in [-0.3, -0.25) is 9.30 Å². The summed E-state index contributed by atoms with van der Waals surface area (Å²) in [7, 11) is 0. The molecule has 0 saturated carbocycles. The van der Waals surface area contributed by atoms with Crippen molar-refractivity contribution in [2.45, 2.75) is 19.9 Å². The second-order valence-corrected chi connectivity index (χ2v) is 7.70. The van der Waals surface area contributed by atoms with Crippen molar-refractivity contribution < 1.29 is 4.74 Å². The number of hydrogen-bond donors (Lipinski definition) is 1. The third kappa shape index (κ3) is 3.45. The van der Waals surface area contributed by atoms with Gasteiger partial charge in [-0.05, 0) is 29.7 Å². The first-order valence-corrected chi connectivity index (χ1v) is 10.1. The van der Waals surface area contributed by atoms with Gasteiger partial charge >= 0.3 is 0 Å². The van der Waals surface area contributed by atoms with E-state index in [0.717, 1.165) is 67.1 Å². The Morgan fingerprint density at radius 2 is 1.79 bits per heavy atom. The summed E-state index contributed by atoms with van der Waals surface area (Å²) < 4.78 is 7.38. The van der Waals surface area contributed by atoms with Crippen molar-refractivity contribution in [2.24, 2.45) is 0 Å². The summed E-state index contributed by atoms with van der Waals surface area (Å²) in [5, 5.41) is 1.03. The molecule has 0 spiro atoms. The maximum atomic E-state index is 6.24. The van der Waals surface area contributed by atoms with Crippen LogP contribution in [0.3, 0.4) is 0 Å². The average molecular weight is 387 g/mol. The van der Waals surface area contributed by atoms with Crippen LogP contribution in [0.2, 0.25) is 0 Å². The van der Waals surface area contributed by atoms with Crippen LogP contribution in [-0.4, -0.2) is 45.6 Å². The first kappa shape index (κ1) is 18.1. The maximum absolute atomic E-state index is 6.24. The minimum Gasteiger partial charge on any atom is -0.379 e. The number of para-hydroxylation sites is 1. The molecule has 1 aliphatic heterocycles. The highest BCUT2D eigenvalue weighted by Crippen LogP contribution is 2.24. The highest BCUT2D eigenvalue weighted by molar-refractivity contribution is 5.94. The molecule has 0 aliphatic carbocycles. The van der Waals surface area contributed by atoms with Crippen LogP contribution in [0.15, 0.2) is 48.7 Å². The lowest BCUT2D eigenvalue weighted by atomic mass is 10.0. The summed E-state index contributed by atoms with van der Waals surface area (Å²) >= 11 is 0. The normalized spacial score (nSPS) is 15.3. The summed E-state index contributed by atoms with van der Waals surface area (Å²) in [6.07, 6.45) is 2.79.